The molecule has 1 aromatic rings. The number of rotatable bonds is 8. The highest BCUT2D eigenvalue weighted by atomic mass is 16.5. The minimum atomic E-state index is -0.594. The van der Waals surface area contributed by atoms with Crippen molar-refractivity contribution in [2.24, 2.45) is 17.8 Å². The van der Waals surface area contributed by atoms with Crippen molar-refractivity contribution in [1.29, 1.82) is 0 Å². The number of fused-ring (bicyclic) bond motifs is 1. The zero-order valence-electron chi connectivity index (χ0n) is 22.6. The second-order valence-electron chi connectivity index (χ2n) is 12.0. The number of benzene rings is 1. The Morgan fingerprint density at radius 3 is 2.39 bits per heavy atom. The average Bonchev–Trinajstić information content (AvgIpc) is 3.32. The predicted molar refractivity (Wildman–Crippen MR) is 145 cm³/mol. The van der Waals surface area contributed by atoms with Crippen LogP contribution in [0.25, 0.3) is 0 Å². The Morgan fingerprint density at radius 2 is 1.74 bits per heavy atom. The minimum absolute atomic E-state index is 0.00844. The van der Waals surface area contributed by atoms with Crippen molar-refractivity contribution < 1.29 is 19.1 Å². The quantitative estimate of drug-likeness (QED) is 0.566. The molecule has 5 fully saturated rings. The van der Waals surface area contributed by atoms with Crippen LogP contribution in [0.15, 0.2) is 24.3 Å². The average molecular weight is 523 g/mol. The molecule has 1 N–H and O–H groups in total. The maximum absolute atomic E-state index is 14.0. The number of hydrogen-bond donors (Lipinski definition) is 1. The van der Waals surface area contributed by atoms with Gasteiger partial charge in [-0.2, -0.15) is 0 Å². The third-order valence-electron chi connectivity index (χ3n) is 9.57. The Kier molecular flexibility index (Phi) is 7.45. The van der Waals surface area contributed by atoms with Crippen LogP contribution in [0.1, 0.15) is 62.2 Å². The minimum Gasteiger partial charge on any atom is -0.369 e. The number of hydrogen-bond acceptors (Lipinski definition) is 6. The van der Waals surface area contributed by atoms with Crippen molar-refractivity contribution >= 4 is 23.3 Å². The second-order valence-corrected chi connectivity index (χ2v) is 12.0. The molecule has 0 spiro atoms. The van der Waals surface area contributed by atoms with Crippen molar-refractivity contribution in [1.82, 2.24) is 15.1 Å². The number of nitrogens with zero attached hydrogens (tertiary/aromatic N) is 3. The third kappa shape index (κ3) is 5.09. The van der Waals surface area contributed by atoms with Crippen molar-refractivity contribution in [2.45, 2.75) is 70.1 Å². The normalized spacial score (nSPS) is 29.1. The summed E-state index contributed by atoms with van der Waals surface area (Å²) in [6.45, 7) is 8.15. The van der Waals surface area contributed by atoms with Crippen LogP contribution in [0.2, 0.25) is 0 Å². The van der Waals surface area contributed by atoms with Crippen molar-refractivity contribution in [3.05, 3.63) is 29.8 Å². The number of carbonyl (C=O) groups excluding carboxylic acids is 3. The summed E-state index contributed by atoms with van der Waals surface area (Å²) >= 11 is 0. The molecular weight excluding hydrogens is 480 g/mol. The maximum Gasteiger partial charge on any atom is 0.251 e. The van der Waals surface area contributed by atoms with Crippen molar-refractivity contribution in [2.75, 3.05) is 50.8 Å². The lowest BCUT2D eigenvalue weighted by Gasteiger charge is -2.36. The molecule has 2 aliphatic carbocycles. The summed E-state index contributed by atoms with van der Waals surface area (Å²) in [6.07, 6.45) is 7.32. The van der Waals surface area contributed by atoms with Crippen LogP contribution in [0, 0.1) is 17.8 Å². The summed E-state index contributed by atoms with van der Waals surface area (Å²) in [5.74, 6) is 0.613. The van der Waals surface area contributed by atoms with Crippen LogP contribution in [0.4, 0.5) is 5.69 Å². The first kappa shape index (κ1) is 25.8. The van der Waals surface area contributed by atoms with E-state index in [-0.39, 0.29) is 42.1 Å². The molecule has 3 heterocycles. The van der Waals surface area contributed by atoms with Gasteiger partial charge < -0.3 is 19.9 Å². The van der Waals surface area contributed by atoms with Gasteiger partial charge in [-0.1, -0.05) is 19.8 Å². The number of carbonyl (C=O) groups is 3. The van der Waals surface area contributed by atoms with E-state index in [1.807, 2.05) is 24.3 Å². The number of amides is 2. The number of likely N-dealkylation sites (tertiary alicyclic amines) is 1. The fourth-order valence-electron chi connectivity index (χ4n) is 7.31. The van der Waals surface area contributed by atoms with E-state index in [0.717, 1.165) is 76.9 Å². The number of ketones is 1. The van der Waals surface area contributed by atoms with Gasteiger partial charge in [-0.15, -0.1) is 0 Å². The van der Waals surface area contributed by atoms with Gasteiger partial charge in [0.1, 0.15) is 18.7 Å². The summed E-state index contributed by atoms with van der Waals surface area (Å²) in [5.41, 5.74) is 1.71. The summed E-state index contributed by atoms with van der Waals surface area (Å²) < 4.78 is 5.88. The molecule has 0 aromatic heterocycles. The Hall–Kier alpha value is -2.45. The molecule has 5 aliphatic rings. The number of anilines is 1. The highest BCUT2D eigenvalue weighted by Gasteiger charge is 2.57. The van der Waals surface area contributed by atoms with Crippen molar-refractivity contribution in [3.8, 4) is 0 Å². The number of ether oxygens (including phenoxy) is 1. The van der Waals surface area contributed by atoms with Gasteiger partial charge in [0.2, 0.25) is 5.91 Å². The Balaban J connectivity index is 1.14. The van der Waals surface area contributed by atoms with E-state index < -0.39 is 12.1 Å². The summed E-state index contributed by atoms with van der Waals surface area (Å²) in [5, 5.41) is 3.12. The van der Waals surface area contributed by atoms with E-state index >= 15 is 0 Å². The lowest BCUT2D eigenvalue weighted by atomic mass is 9.95. The lowest BCUT2D eigenvalue weighted by molar-refractivity contribution is -0.139. The maximum atomic E-state index is 14.0. The van der Waals surface area contributed by atoms with Crippen LogP contribution in [-0.4, -0.2) is 91.5 Å². The van der Waals surface area contributed by atoms with Gasteiger partial charge in [0, 0.05) is 49.9 Å². The molecule has 3 aliphatic heterocycles. The van der Waals surface area contributed by atoms with Crippen LogP contribution < -0.4 is 10.2 Å². The molecule has 3 saturated heterocycles. The van der Waals surface area contributed by atoms with E-state index in [1.165, 1.54) is 6.42 Å². The van der Waals surface area contributed by atoms with Gasteiger partial charge in [0.05, 0.1) is 6.10 Å². The lowest BCUT2D eigenvalue weighted by Crippen LogP contribution is -2.54. The SMILES string of the molecule is CCCN1CCN(c2ccc(C(=O)N[C@H](C(=O)N3C[C@H](C4CC4)[C@H]4OCC(=O)[C@H]43)C3CCCC3)cc2)CC1. The van der Waals surface area contributed by atoms with E-state index in [2.05, 4.69) is 22.0 Å². The molecule has 2 saturated carbocycles. The summed E-state index contributed by atoms with van der Waals surface area (Å²) in [4.78, 5) is 46.8. The second kappa shape index (κ2) is 11.0. The zero-order chi connectivity index (χ0) is 26.2. The fraction of sp³-hybridized carbons (Fsp3) is 0.700. The van der Waals surface area contributed by atoms with Gasteiger partial charge in [-0.05, 0) is 74.8 Å². The van der Waals surface area contributed by atoms with Gasteiger partial charge in [0.15, 0.2) is 5.78 Å². The molecule has 2 amide bonds. The monoisotopic (exact) mass is 522 g/mol. The van der Waals surface area contributed by atoms with E-state index in [9.17, 15) is 14.4 Å². The van der Waals surface area contributed by atoms with Crippen LogP contribution in [0.3, 0.4) is 0 Å². The number of nitrogens with one attached hydrogen (secondary N) is 1. The zero-order valence-corrected chi connectivity index (χ0v) is 22.6. The molecule has 0 bridgehead atoms. The number of piperazine rings is 1. The summed E-state index contributed by atoms with van der Waals surface area (Å²) in [6, 6.07) is 6.73. The molecule has 0 radical (unpaired) electrons. The van der Waals surface area contributed by atoms with E-state index in [1.54, 1.807) is 4.90 Å². The van der Waals surface area contributed by atoms with Crippen LogP contribution in [0.5, 0.6) is 0 Å². The Labute approximate surface area is 226 Å². The fourth-order valence-corrected chi connectivity index (χ4v) is 7.31. The van der Waals surface area contributed by atoms with Crippen LogP contribution >= 0.6 is 0 Å². The molecule has 38 heavy (non-hydrogen) atoms. The molecule has 8 nitrogen and oxygen atoms in total. The van der Waals surface area contributed by atoms with Crippen LogP contribution in [-0.2, 0) is 14.3 Å². The molecular formula is C30H42N4O4. The van der Waals surface area contributed by atoms with E-state index in [4.69, 9.17) is 4.74 Å². The predicted octanol–water partition coefficient (Wildman–Crippen LogP) is 2.71. The standard InChI is InChI=1S/C30H42N4O4/c1-2-13-32-14-16-33(17-15-32)23-11-9-22(10-12-23)29(36)31-26(21-5-3-4-6-21)30(37)34-18-24(20-7-8-20)28-27(34)25(35)19-38-28/h9-12,20-21,24,26-28H,2-8,13-19H2,1H3,(H,31,36)/t24-,26+,27-,28-/m1/s1. The van der Waals surface area contributed by atoms with Crippen molar-refractivity contribution in [3.63, 3.8) is 0 Å². The molecule has 4 atom stereocenters. The molecule has 8 heteroatoms. The molecule has 206 valence electrons. The third-order valence-corrected chi connectivity index (χ3v) is 9.57. The molecule has 6 rings (SSSR count). The molecule has 0 unspecified atom stereocenters. The van der Waals surface area contributed by atoms with Gasteiger partial charge in [0.25, 0.3) is 5.91 Å². The van der Waals surface area contributed by atoms with E-state index in [0.29, 0.717) is 18.0 Å². The largest absolute Gasteiger partial charge is 0.369 e. The topological polar surface area (TPSA) is 82.2 Å². The highest BCUT2D eigenvalue weighted by molar-refractivity contribution is 5.99. The molecule has 1 aromatic carbocycles. The first-order valence-corrected chi connectivity index (χ1v) is 14.9. The Morgan fingerprint density at radius 1 is 1.03 bits per heavy atom. The first-order chi connectivity index (χ1) is 18.5. The summed E-state index contributed by atoms with van der Waals surface area (Å²) in [7, 11) is 0. The smallest absolute Gasteiger partial charge is 0.251 e. The number of Topliss-reactive ketones (excluding diaryl/α,β-unsaturated/α-hetero) is 1. The van der Waals surface area contributed by atoms with Gasteiger partial charge >= 0.3 is 0 Å². The first-order valence-electron chi connectivity index (χ1n) is 14.9. The van der Waals surface area contributed by atoms with Gasteiger partial charge in [-0.3, -0.25) is 19.3 Å². The van der Waals surface area contributed by atoms with Gasteiger partial charge in [-0.25, -0.2) is 0 Å². The highest BCUT2D eigenvalue weighted by Crippen LogP contribution is 2.46. The Bertz CT molecular complexity index is 1030.